The van der Waals surface area contributed by atoms with E-state index in [1.165, 1.54) is 25.9 Å². The summed E-state index contributed by atoms with van der Waals surface area (Å²) in [5.74, 6) is 2.82. The average Bonchev–Trinajstić information content (AvgIpc) is 3.06. The van der Waals surface area contributed by atoms with Crippen molar-refractivity contribution in [3.8, 4) is 0 Å². The van der Waals surface area contributed by atoms with E-state index in [4.69, 9.17) is 4.52 Å². The van der Waals surface area contributed by atoms with Crippen LogP contribution in [0.25, 0.3) is 0 Å². The third kappa shape index (κ3) is 7.42. The Morgan fingerprint density at radius 1 is 1.38 bits per heavy atom. The fourth-order valence-electron chi connectivity index (χ4n) is 3.17. The Morgan fingerprint density at radius 3 is 2.77 bits per heavy atom. The molecule has 0 saturated carbocycles. The van der Waals surface area contributed by atoms with Gasteiger partial charge in [-0.2, -0.15) is 0 Å². The number of likely N-dealkylation sites (tertiary alicyclic amines) is 1. The quantitative estimate of drug-likeness (QED) is 0.357. The van der Waals surface area contributed by atoms with E-state index in [1.54, 1.807) is 0 Å². The Morgan fingerprint density at radius 2 is 2.15 bits per heavy atom. The van der Waals surface area contributed by atoms with Crippen LogP contribution in [0.15, 0.2) is 15.6 Å². The summed E-state index contributed by atoms with van der Waals surface area (Å²) in [6.07, 6.45) is 2.67. The number of guanidine groups is 1. The van der Waals surface area contributed by atoms with Crippen molar-refractivity contribution in [1.82, 2.24) is 20.7 Å². The van der Waals surface area contributed by atoms with Crippen LogP contribution in [0.5, 0.6) is 0 Å². The highest BCUT2D eigenvalue weighted by molar-refractivity contribution is 14.0. The van der Waals surface area contributed by atoms with Crippen molar-refractivity contribution in [2.24, 2.45) is 10.9 Å². The molecule has 1 aliphatic heterocycles. The standard InChI is InChI=1S/C19H35N5O.HI/c1-6-20-19(22-12-17-10-18(14(2)3)23-25-17)21-11-16(5)24-9-7-8-15(4)13-24;/h10,14-16H,6-9,11-13H2,1-5H3,(H2,20,21,22);1H. The largest absolute Gasteiger partial charge is 0.359 e. The zero-order valence-corrected chi connectivity index (χ0v) is 19.2. The topological polar surface area (TPSA) is 65.7 Å². The van der Waals surface area contributed by atoms with Crippen molar-refractivity contribution in [3.63, 3.8) is 0 Å². The molecular formula is C19H36IN5O. The molecule has 7 heteroatoms. The Labute approximate surface area is 175 Å². The average molecular weight is 477 g/mol. The summed E-state index contributed by atoms with van der Waals surface area (Å²) < 4.78 is 5.37. The minimum absolute atomic E-state index is 0. The third-order valence-corrected chi connectivity index (χ3v) is 4.78. The minimum atomic E-state index is 0. The maximum atomic E-state index is 5.37. The van der Waals surface area contributed by atoms with Crippen molar-refractivity contribution in [3.05, 3.63) is 17.5 Å². The van der Waals surface area contributed by atoms with E-state index in [-0.39, 0.29) is 24.0 Å². The Bertz CT molecular complexity index is 546. The summed E-state index contributed by atoms with van der Waals surface area (Å²) in [5, 5.41) is 10.9. The van der Waals surface area contributed by atoms with E-state index in [0.717, 1.165) is 36.4 Å². The lowest BCUT2D eigenvalue weighted by atomic mass is 9.99. The smallest absolute Gasteiger partial charge is 0.191 e. The fourth-order valence-corrected chi connectivity index (χ4v) is 3.17. The first-order valence-electron chi connectivity index (χ1n) is 9.71. The number of rotatable bonds is 7. The lowest BCUT2D eigenvalue weighted by molar-refractivity contribution is 0.139. The van der Waals surface area contributed by atoms with Crippen LogP contribution < -0.4 is 10.6 Å². The van der Waals surface area contributed by atoms with Crippen LogP contribution in [0.3, 0.4) is 0 Å². The van der Waals surface area contributed by atoms with Gasteiger partial charge in [0.15, 0.2) is 11.7 Å². The van der Waals surface area contributed by atoms with E-state index in [2.05, 4.69) is 60.3 Å². The van der Waals surface area contributed by atoms with Gasteiger partial charge in [-0.05, 0) is 45.1 Å². The monoisotopic (exact) mass is 477 g/mol. The molecule has 1 saturated heterocycles. The molecule has 0 aromatic carbocycles. The zero-order valence-electron chi connectivity index (χ0n) is 16.9. The second kappa shape index (κ2) is 11.8. The predicted octanol–water partition coefficient (Wildman–Crippen LogP) is 3.59. The first-order valence-corrected chi connectivity index (χ1v) is 9.71. The molecule has 0 spiro atoms. The first-order chi connectivity index (χ1) is 12.0. The number of hydrogen-bond donors (Lipinski definition) is 2. The molecule has 1 fully saturated rings. The molecule has 2 atom stereocenters. The lowest BCUT2D eigenvalue weighted by Gasteiger charge is -2.35. The van der Waals surface area contributed by atoms with Crippen LogP contribution in [0, 0.1) is 5.92 Å². The number of hydrogen-bond acceptors (Lipinski definition) is 4. The van der Waals surface area contributed by atoms with Crippen molar-refractivity contribution in [2.45, 2.75) is 66.0 Å². The van der Waals surface area contributed by atoms with Crippen LogP contribution in [0.2, 0.25) is 0 Å². The second-order valence-corrected chi connectivity index (χ2v) is 7.54. The number of halogens is 1. The number of aliphatic imine (C=N–C) groups is 1. The van der Waals surface area contributed by atoms with Gasteiger partial charge in [0.05, 0.1) is 5.69 Å². The molecule has 0 amide bonds. The maximum absolute atomic E-state index is 5.37. The van der Waals surface area contributed by atoms with E-state index in [1.807, 2.05) is 6.07 Å². The minimum Gasteiger partial charge on any atom is -0.359 e. The fraction of sp³-hybridized carbons (Fsp3) is 0.789. The zero-order chi connectivity index (χ0) is 18.2. The molecule has 2 unspecified atom stereocenters. The molecule has 150 valence electrons. The molecule has 0 bridgehead atoms. The van der Waals surface area contributed by atoms with Crippen molar-refractivity contribution in [1.29, 1.82) is 0 Å². The molecule has 26 heavy (non-hydrogen) atoms. The SMILES string of the molecule is CCNC(=NCc1cc(C(C)C)no1)NCC(C)N1CCCC(C)C1.I. The summed E-state index contributed by atoms with van der Waals surface area (Å²) in [7, 11) is 0. The van der Waals surface area contributed by atoms with E-state index in [0.29, 0.717) is 18.5 Å². The van der Waals surface area contributed by atoms with Crippen molar-refractivity contribution in [2.75, 3.05) is 26.2 Å². The highest BCUT2D eigenvalue weighted by Crippen LogP contribution is 2.17. The van der Waals surface area contributed by atoms with Gasteiger partial charge >= 0.3 is 0 Å². The molecule has 1 aromatic rings. The normalized spacial score (nSPS) is 19.9. The van der Waals surface area contributed by atoms with Gasteiger partial charge in [-0.1, -0.05) is 25.9 Å². The molecule has 1 aromatic heterocycles. The summed E-state index contributed by atoms with van der Waals surface area (Å²) in [6.45, 7) is 15.6. The van der Waals surface area contributed by atoms with E-state index in [9.17, 15) is 0 Å². The Balaban J connectivity index is 0.00000338. The molecule has 1 aliphatic rings. The first kappa shape index (κ1) is 23.2. The van der Waals surface area contributed by atoms with Crippen molar-refractivity contribution >= 4 is 29.9 Å². The van der Waals surface area contributed by atoms with Crippen LogP contribution in [-0.2, 0) is 6.54 Å². The maximum Gasteiger partial charge on any atom is 0.191 e. The van der Waals surface area contributed by atoms with Gasteiger partial charge in [-0.25, -0.2) is 4.99 Å². The van der Waals surface area contributed by atoms with Gasteiger partial charge in [0.25, 0.3) is 0 Å². The summed E-state index contributed by atoms with van der Waals surface area (Å²) in [6, 6.07) is 2.50. The molecule has 6 nitrogen and oxygen atoms in total. The molecular weight excluding hydrogens is 441 g/mol. The highest BCUT2D eigenvalue weighted by atomic mass is 127. The van der Waals surface area contributed by atoms with E-state index < -0.39 is 0 Å². The van der Waals surface area contributed by atoms with Crippen LogP contribution in [0.1, 0.15) is 64.8 Å². The summed E-state index contributed by atoms with van der Waals surface area (Å²) in [4.78, 5) is 7.21. The molecule has 2 rings (SSSR count). The van der Waals surface area contributed by atoms with Gasteiger partial charge in [-0.3, -0.25) is 4.90 Å². The van der Waals surface area contributed by atoms with Crippen molar-refractivity contribution < 1.29 is 4.52 Å². The van der Waals surface area contributed by atoms with Gasteiger partial charge in [0, 0.05) is 31.7 Å². The summed E-state index contributed by atoms with van der Waals surface area (Å²) >= 11 is 0. The van der Waals surface area contributed by atoms with E-state index >= 15 is 0 Å². The number of nitrogens with zero attached hydrogens (tertiary/aromatic N) is 3. The number of piperidine rings is 1. The molecule has 0 aliphatic carbocycles. The Hall–Kier alpha value is -0.830. The predicted molar refractivity (Wildman–Crippen MR) is 118 cm³/mol. The van der Waals surface area contributed by atoms with Crippen LogP contribution in [-0.4, -0.2) is 48.2 Å². The number of nitrogens with one attached hydrogen (secondary N) is 2. The summed E-state index contributed by atoms with van der Waals surface area (Å²) in [5.41, 5.74) is 0.982. The third-order valence-electron chi connectivity index (χ3n) is 4.78. The molecule has 2 heterocycles. The molecule has 0 radical (unpaired) electrons. The molecule has 2 N–H and O–H groups in total. The Kier molecular flexibility index (Phi) is 10.5. The van der Waals surface area contributed by atoms with Gasteiger partial charge in [-0.15, -0.1) is 24.0 Å². The van der Waals surface area contributed by atoms with Crippen LogP contribution in [0.4, 0.5) is 0 Å². The number of aromatic nitrogens is 1. The van der Waals surface area contributed by atoms with Gasteiger partial charge in [0.1, 0.15) is 6.54 Å². The lowest BCUT2D eigenvalue weighted by Crippen LogP contribution is -2.48. The van der Waals surface area contributed by atoms with Gasteiger partial charge < -0.3 is 15.2 Å². The van der Waals surface area contributed by atoms with Crippen LogP contribution >= 0.6 is 24.0 Å². The highest BCUT2D eigenvalue weighted by Gasteiger charge is 2.20. The second-order valence-electron chi connectivity index (χ2n) is 7.54. The van der Waals surface area contributed by atoms with Gasteiger partial charge in [0.2, 0.25) is 0 Å².